The summed E-state index contributed by atoms with van der Waals surface area (Å²) in [6.45, 7) is 20.9. The quantitative estimate of drug-likeness (QED) is 0.511. The highest BCUT2D eigenvalue weighted by molar-refractivity contribution is 5.17. The zero-order chi connectivity index (χ0) is 20.8. The smallest absolute Gasteiger partial charge is 0.0219 e. The van der Waals surface area contributed by atoms with Gasteiger partial charge in [0.25, 0.3) is 0 Å². The SMILES string of the molecule is CC.CC.CC.CC(C)CCc1ccccc1.CC(C)c1ccccc1. The number of rotatable bonds is 4. The van der Waals surface area contributed by atoms with Crippen LogP contribution in [0.15, 0.2) is 60.7 Å². The Balaban J connectivity index is -0.000000319. The summed E-state index contributed by atoms with van der Waals surface area (Å²) in [7, 11) is 0. The van der Waals surface area contributed by atoms with E-state index < -0.39 is 0 Å². The molecule has 2 rings (SSSR count). The van der Waals surface area contributed by atoms with Crippen LogP contribution >= 0.6 is 0 Å². The van der Waals surface area contributed by atoms with Gasteiger partial charge < -0.3 is 0 Å². The van der Waals surface area contributed by atoms with Crippen molar-refractivity contribution < 1.29 is 0 Å². The lowest BCUT2D eigenvalue weighted by atomic mass is 10.0. The van der Waals surface area contributed by atoms with Crippen LogP contribution in [0.3, 0.4) is 0 Å². The van der Waals surface area contributed by atoms with Gasteiger partial charge in [0.1, 0.15) is 0 Å². The van der Waals surface area contributed by atoms with Crippen molar-refractivity contribution >= 4 is 0 Å². The molecular weight excluding hydrogens is 312 g/mol. The number of hydrogen-bond donors (Lipinski definition) is 0. The van der Waals surface area contributed by atoms with Gasteiger partial charge in [-0.05, 0) is 35.8 Å². The standard InChI is InChI=1S/C11H16.C9H12.3C2H6/c1-10(2)8-9-11-6-4-3-5-7-11;1-8(2)9-6-4-3-5-7-9;3*1-2/h3-7,10H,8-9H2,1-2H3;3-8H,1-2H3;3*1-2H3. The maximum absolute atomic E-state index is 2.27. The second kappa shape index (κ2) is 23.4. The Morgan fingerprint density at radius 1 is 0.577 bits per heavy atom. The first-order chi connectivity index (χ1) is 12.6. The number of aryl methyl sites for hydroxylation is 1. The third kappa shape index (κ3) is 18.8. The van der Waals surface area contributed by atoms with E-state index in [1.54, 1.807) is 0 Å². The fourth-order valence-electron chi connectivity index (χ4n) is 1.94. The zero-order valence-electron chi connectivity index (χ0n) is 19.3. The lowest BCUT2D eigenvalue weighted by Crippen LogP contribution is -1.91. The molecule has 0 amide bonds. The van der Waals surface area contributed by atoms with E-state index in [9.17, 15) is 0 Å². The van der Waals surface area contributed by atoms with Gasteiger partial charge in [0, 0.05) is 0 Å². The molecule has 0 atom stereocenters. The van der Waals surface area contributed by atoms with E-state index >= 15 is 0 Å². The van der Waals surface area contributed by atoms with E-state index in [0.29, 0.717) is 5.92 Å². The zero-order valence-corrected chi connectivity index (χ0v) is 19.3. The highest BCUT2D eigenvalue weighted by Gasteiger charge is 1.94. The van der Waals surface area contributed by atoms with Crippen molar-refractivity contribution in [1.82, 2.24) is 0 Å². The summed E-state index contributed by atoms with van der Waals surface area (Å²) in [4.78, 5) is 0. The highest BCUT2D eigenvalue weighted by Crippen LogP contribution is 2.11. The third-order valence-corrected chi connectivity index (χ3v) is 3.32. The van der Waals surface area contributed by atoms with Crippen molar-refractivity contribution in [1.29, 1.82) is 0 Å². The van der Waals surface area contributed by atoms with Gasteiger partial charge in [-0.25, -0.2) is 0 Å². The van der Waals surface area contributed by atoms with Crippen LogP contribution in [-0.4, -0.2) is 0 Å². The van der Waals surface area contributed by atoms with Crippen molar-refractivity contribution in [3.63, 3.8) is 0 Å². The third-order valence-electron chi connectivity index (χ3n) is 3.32. The maximum atomic E-state index is 2.27. The van der Waals surface area contributed by atoms with Gasteiger partial charge in [0.05, 0.1) is 0 Å². The Hall–Kier alpha value is -1.56. The van der Waals surface area contributed by atoms with E-state index in [1.807, 2.05) is 47.6 Å². The molecule has 0 unspecified atom stereocenters. The lowest BCUT2D eigenvalue weighted by molar-refractivity contribution is 0.587. The molecule has 26 heavy (non-hydrogen) atoms. The minimum atomic E-state index is 0.659. The van der Waals surface area contributed by atoms with Crippen molar-refractivity contribution in [3.8, 4) is 0 Å². The van der Waals surface area contributed by atoms with E-state index in [-0.39, 0.29) is 0 Å². The highest BCUT2D eigenvalue weighted by atomic mass is 14.0. The van der Waals surface area contributed by atoms with Crippen LogP contribution in [0, 0.1) is 5.92 Å². The first-order valence-electron chi connectivity index (χ1n) is 10.7. The Morgan fingerprint density at radius 3 is 1.27 bits per heavy atom. The Labute approximate surface area is 166 Å². The van der Waals surface area contributed by atoms with Crippen LogP contribution in [0.25, 0.3) is 0 Å². The predicted octanol–water partition coefficient (Wildman–Crippen LogP) is 9.16. The van der Waals surface area contributed by atoms with Gasteiger partial charge in [-0.2, -0.15) is 0 Å². The average molecular weight is 359 g/mol. The molecule has 0 radical (unpaired) electrons. The summed E-state index contributed by atoms with van der Waals surface area (Å²) in [5.74, 6) is 1.47. The molecule has 0 nitrogen and oxygen atoms in total. The molecule has 0 aromatic heterocycles. The van der Waals surface area contributed by atoms with Gasteiger partial charge in [0.15, 0.2) is 0 Å². The van der Waals surface area contributed by atoms with Crippen molar-refractivity contribution in [3.05, 3.63) is 71.8 Å². The Bertz CT molecular complexity index is 440. The Morgan fingerprint density at radius 2 is 0.962 bits per heavy atom. The molecular formula is C26H46. The summed E-state index contributed by atoms with van der Waals surface area (Å²) < 4.78 is 0. The van der Waals surface area contributed by atoms with E-state index in [4.69, 9.17) is 0 Å². The fraction of sp³-hybridized carbons (Fsp3) is 0.538. The van der Waals surface area contributed by atoms with Gasteiger partial charge in [-0.15, -0.1) is 0 Å². The predicted molar refractivity (Wildman–Crippen MR) is 124 cm³/mol. The molecule has 2 aromatic carbocycles. The largest absolute Gasteiger partial charge is 0.0683 e. The van der Waals surface area contributed by atoms with E-state index in [0.717, 1.165) is 5.92 Å². The minimum Gasteiger partial charge on any atom is -0.0683 e. The molecule has 0 aliphatic rings. The van der Waals surface area contributed by atoms with Crippen LogP contribution < -0.4 is 0 Å². The topological polar surface area (TPSA) is 0 Å². The van der Waals surface area contributed by atoms with Gasteiger partial charge in [-0.3, -0.25) is 0 Å². The molecule has 0 fully saturated rings. The van der Waals surface area contributed by atoms with Crippen molar-refractivity contribution in [2.24, 2.45) is 5.92 Å². The summed E-state index contributed by atoms with van der Waals surface area (Å²) >= 11 is 0. The van der Waals surface area contributed by atoms with E-state index in [2.05, 4.69) is 82.3 Å². The van der Waals surface area contributed by atoms with Crippen LogP contribution in [0.4, 0.5) is 0 Å². The monoisotopic (exact) mass is 358 g/mol. The van der Waals surface area contributed by atoms with E-state index in [1.165, 1.54) is 24.0 Å². The summed E-state index contributed by atoms with van der Waals surface area (Å²) in [6, 6.07) is 21.2. The van der Waals surface area contributed by atoms with Crippen LogP contribution in [0.1, 0.15) is 92.7 Å². The first kappa shape index (κ1) is 29.2. The second-order valence-electron chi connectivity index (χ2n) is 5.98. The van der Waals surface area contributed by atoms with Gasteiger partial charge in [-0.1, -0.05) is 130 Å². The molecule has 0 spiro atoms. The van der Waals surface area contributed by atoms with Crippen molar-refractivity contribution in [2.45, 2.75) is 88.0 Å². The molecule has 0 aliphatic carbocycles. The summed E-state index contributed by atoms with van der Waals surface area (Å²) in [6.07, 6.45) is 2.52. The molecule has 0 N–H and O–H groups in total. The molecule has 0 aliphatic heterocycles. The summed E-state index contributed by atoms with van der Waals surface area (Å²) in [5, 5.41) is 0. The van der Waals surface area contributed by atoms with Crippen LogP contribution in [-0.2, 0) is 6.42 Å². The summed E-state index contributed by atoms with van der Waals surface area (Å²) in [5.41, 5.74) is 2.87. The fourth-order valence-corrected chi connectivity index (χ4v) is 1.94. The number of benzene rings is 2. The normalized spacial score (nSPS) is 8.62. The van der Waals surface area contributed by atoms with Gasteiger partial charge >= 0.3 is 0 Å². The minimum absolute atomic E-state index is 0.659. The maximum Gasteiger partial charge on any atom is -0.0219 e. The molecule has 0 heteroatoms. The average Bonchev–Trinajstić information content (AvgIpc) is 2.73. The molecule has 0 saturated heterocycles. The van der Waals surface area contributed by atoms with Crippen molar-refractivity contribution in [2.75, 3.05) is 0 Å². The van der Waals surface area contributed by atoms with Crippen LogP contribution in [0.2, 0.25) is 0 Å². The molecule has 0 bridgehead atoms. The molecule has 2 aromatic rings. The molecule has 0 heterocycles. The molecule has 150 valence electrons. The second-order valence-corrected chi connectivity index (χ2v) is 5.98. The Kier molecular flexibility index (Phi) is 26.3. The molecule has 0 saturated carbocycles. The van der Waals surface area contributed by atoms with Gasteiger partial charge in [0.2, 0.25) is 0 Å². The lowest BCUT2D eigenvalue weighted by Gasteiger charge is -2.03. The van der Waals surface area contributed by atoms with Crippen LogP contribution in [0.5, 0.6) is 0 Å². The first-order valence-corrected chi connectivity index (χ1v) is 10.7. The number of hydrogen-bond acceptors (Lipinski definition) is 0.